The van der Waals surface area contributed by atoms with Gasteiger partial charge in [-0.2, -0.15) is 0 Å². The molecule has 27 heavy (non-hydrogen) atoms. The normalized spacial score (nSPS) is 17.0. The third-order valence-electron chi connectivity index (χ3n) is 5.31. The van der Waals surface area contributed by atoms with Crippen molar-refractivity contribution in [1.29, 1.82) is 0 Å². The fraction of sp³-hybridized carbons (Fsp3) is 0.381. The highest BCUT2D eigenvalue weighted by Crippen LogP contribution is 2.33. The number of likely N-dealkylation sites (N-methyl/N-ethyl adjacent to an activating group) is 1. The van der Waals surface area contributed by atoms with E-state index in [-0.39, 0.29) is 11.9 Å². The molecule has 1 aliphatic rings. The molecule has 0 unspecified atom stereocenters. The Labute approximate surface area is 163 Å². The number of rotatable bonds is 4. The summed E-state index contributed by atoms with van der Waals surface area (Å²) in [5.41, 5.74) is 2.19. The second kappa shape index (κ2) is 7.27. The molecule has 0 saturated carbocycles. The first-order valence-corrected chi connectivity index (χ1v) is 10.3. The van der Waals surface area contributed by atoms with Gasteiger partial charge in [0.2, 0.25) is 5.91 Å². The van der Waals surface area contributed by atoms with Crippen LogP contribution in [0.5, 0.6) is 0 Å². The summed E-state index contributed by atoms with van der Waals surface area (Å²) < 4.78 is 0. The lowest BCUT2D eigenvalue weighted by Crippen LogP contribution is -2.44. The van der Waals surface area contributed by atoms with Crippen molar-refractivity contribution in [2.45, 2.75) is 38.6 Å². The van der Waals surface area contributed by atoms with Gasteiger partial charge in [0.1, 0.15) is 23.0 Å². The predicted molar refractivity (Wildman–Crippen MR) is 112 cm³/mol. The van der Waals surface area contributed by atoms with Crippen molar-refractivity contribution in [3.05, 3.63) is 47.6 Å². The van der Waals surface area contributed by atoms with Gasteiger partial charge in [0.15, 0.2) is 0 Å². The van der Waals surface area contributed by atoms with E-state index in [9.17, 15) is 4.79 Å². The van der Waals surface area contributed by atoms with Crippen LogP contribution in [-0.4, -0.2) is 35.5 Å². The van der Waals surface area contributed by atoms with Crippen LogP contribution in [0.25, 0.3) is 10.2 Å². The van der Waals surface area contributed by atoms with Crippen molar-refractivity contribution in [3.63, 3.8) is 0 Å². The zero-order valence-corrected chi connectivity index (χ0v) is 16.7. The lowest BCUT2D eigenvalue weighted by atomic mass is 10.0. The SMILES string of the molecule is CC(C)c1cccc(N(C)C(=O)[C@H]2CCCN2c2ncnc3sccc23)c1. The molecule has 5 nitrogen and oxygen atoms in total. The lowest BCUT2D eigenvalue weighted by Gasteiger charge is -2.29. The number of fused-ring (bicyclic) bond motifs is 1. The van der Waals surface area contributed by atoms with Gasteiger partial charge in [0.25, 0.3) is 0 Å². The summed E-state index contributed by atoms with van der Waals surface area (Å²) >= 11 is 1.60. The predicted octanol–water partition coefficient (Wildman–Crippen LogP) is 4.45. The van der Waals surface area contributed by atoms with Crippen LogP contribution in [0.2, 0.25) is 0 Å². The summed E-state index contributed by atoms with van der Waals surface area (Å²) in [6.45, 7) is 5.18. The van der Waals surface area contributed by atoms with Crippen LogP contribution in [0.1, 0.15) is 38.2 Å². The number of nitrogens with zero attached hydrogens (tertiary/aromatic N) is 4. The van der Waals surface area contributed by atoms with Crippen LogP contribution < -0.4 is 9.80 Å². The van der Waals surface area contributed by atoms with E-state index in [1.807, 2.05) is 30.6 Å². The molecule has 2 aromatic heterocycles. The first kappa shape index (κ1) is 17.9. The smallest absolute Gasteiger partial charge is 0.249 e. The average Bonchev–Trinajstić information content (AvgIpc) is 3.35. The summed E-state index contributed by atoms with van der Waals surface area (Å²) in [6.07, 6.45) is 3.44. The summed E-state index contributed by atoms with van der Waals surface area (Å²) in [5.74, 6) is 1.43. The zero-order chi connectivity index (χ0) is 19.0. The number of aromatic nitrogens is 2. The quantitative estimate of drug-likeness (QED) is 0.671. The van der Waals surface area contributed by atoms with Gasteiger partial charge in [-0.25, -0.2) is 9.97 Å². The van der Waals surface area contributed by atoms with E-state index in [2.05, 4.69) is 40.8 Å². The highest BCUT2D eigenvalue weighted by Gasteiger charge is 2.35. The number of carbonyl (C=O) groups excluding carboxylic acids is 1. The molecule has 1 aliphatic heterocycles. The average molecular weight is 381 g/mol. The molecule has 1 saturated heterocycles. The minimum Gasteiger partial charge on any atom is -0.344 e. The Balaban J connectivity index is 1.63. The zero-order valence-electron chi connectivity index (χ0n) is 15.9. The minimum atomic E-state index is -0.185. The van der Waals surface area contributed by atoms with E-state index < -0.39 is 0 Å². The van der Waals surface area contributed by atoms with E-state index >= 15 is 0 Å². The molecule has 0 spiro atoms. The van der Waals surface area contributed by atoms with Crippen molar-refractivity contribution >= 4 is 39.0 Å². The van der Waals surface area contributed by atoms with Crippen molar-refractivity contribution in [2.24, 2.45) is 0 Å². The Bertz CT molecular complexity index is 967. The van der Waals surface area contributed by atoms with Gasteiger partial charge in [-0.3, -0.25) is 4.79 Å². The Kier molecular flexibility index (Phi) is 4.83. The van der Waals surface area contributed by atoms with Gasteiger partial charge < -0.3 is 9.80 Å². The van der Waals surface area contributed by atoms with Crippen molar-refractivity contribution in [3.8, 4) is 0 Å². The van der Waals surface area contributed by atoms with Crippen LogP contribution in [0.15, 0.2) is 42.0 Å². The maximum absolute atomic E-state index is 13.3. The summed E-state index contributed by atoms with van der Waals surface area (Å²) in [7, 11) is 1.87. The molecule has 0 aliphatic carbocycles. The summed E-state index contributed by atoms with van der Waals surface area (Å²) in [6, 6.07) is 10.1. The Morgan fingerprint density at radius 2 is 2.15 bits per heavy atom. The molecule has 0 radical (unpaired) electrons. The molecule has 1 atom stereocenters. The van der Waals surface area contributed by atoms with Gasteiger partial charge >= 0.3 is 0 Å². The minimum absolute atomic E-state index is 0.121. The second-order valence-electron chi connectivity index (χ2n) is 7.34. The van der Waals surface area contributed by atoms with Gasteiger partial charge in [-0.1, -0.05) is 26.0 Å². The number of hydrogen-bond acceptors (Lipinski definition) is 5. The van der Waals surface area contributed by atoms with E-state index in [0.29, 0.717) is 5.92 Å². The van der Waals surface area contributed by atoms with Crippen LogP contribution >= 0.6 is 11.3 Å². The third-order valence-corrected chi connectivity index (χ3v) is 6.13. The molecule has 1 amide bonds. The number of thiophene rings is 1. The molecule has 3 heterocycles. The highest BCUT2D eigenvalue weighted by molar-refractivity contribution is 7.16. The fourth-order valence-electron chi connectivity index (χ4n) is 3.73. The molecule has 4 rings (SSSR count). The topological polar surface area (TPSA) is 49.3 Å². The first-order valence-electron chi connectivity index (χ1n) is 9.38. The maximum Gasteiger partial charge on any atom is 0.249 e. The standard InChI is InChI=1S/C21H24N4OS/c1-14(2)15-6-4-7-16(12-15)24(3)21(26)18-8-5-10-25(18)19-17-9-11-27-20(17)23-13-22-19/h4,6-7,9,11-14,18H,5,8,10H2,1-3H3/t18-/m1/s1. The lowest BCUT2D eigenvalue weighted by molar-refractivity contribution is -0.119. The van der Waals surface area contributed by atoms with Crippen LogP contribution in [0.3, 0.4) is 0 Å². The molecule has 6 heteroatoms. The van der Waals surface area contributed by atoms with Crippen LogP contribution in [0.4, 0.5) is 11.5 Å². The molecular weight excluding hydrogens is 356 g/mol. The summed E-state index contributed by atoms with van der Waals surface area (Å²) in [4.78, 5) is 27.1. The molecular formula is C21H24N4OS. The van der Waals surface area contributed by atoms with E-state index in [1.54, 1.807) is 22.6 Å². The van der Waals surface area contributed by atoms with Gasteiger partial charge in [0.05, 0.1) is 5.39 Å². The van der Waals surface area contributed by atoms with Crippen molar-refractivity contribution in [1.82, 2.24) is 9.97 Å². The van der Waals surface area contributed by atoms with Crippen LogP contribution in [-0.2, 0) is 4.79 Å². The van der Waals surface area contributed by atoms with Gasteiger partial charge in [-0.05, 0) is 47.9 Å². The molecule has 0 bridgehead atoms. The molecule has 0 N–H and O–H groups in total. The first-order chi connectivity index (χ1) is 13.1. The number of anilines is 2. The number of benzene rings is 1. The largest absolute Gasteiger partial charge is 0.344 e. The highest BCUT2D eigenvalue weighted by atomic mass is 32.1. The number of carbonyl (C=O) groups is 1. The van der Waals surface area contributed by atoms with Crippen molar-refractivity contribution < 1.29 is 4.79 Å². The second-order valence-corrected chi connectivity index (χ2v) is 8.23. The van der Waals surface area contributed by atoms with Crippen molar-refractivity contribution in [2.75, 3.05) is 23.4 Å². The Morgan fingerprint density at radius 3 is 2.96 bits per heavy atom. The molecule has 1 fully saturated rings. The van der Waals surface area contributed by atoms with E-state index in [4.69, 9.17) is 0 Å². The molecule has 1 aromatic carbocycles. The Hall–Kier alpha value is -2.47. The molecule has 3 aromatic rings. The fourth-order valence-corrected chi connectivity index (χ4v) is 4.45. The molecule has 140 valence electrons. The monoisotopic (exact) mass is 380 g/mol. The third kappa shape index (κ3) is 3.30. The van der Waals surface area contributed by atoms with Gasteiger partial charge in [-0.15, -0.1) is 11.3 Å². The van der Waals surface area contributed by atoms with Crippen LogP contribution in [0, 0.1) is 0 Å². The summed E-state index contributed by atoms with van der Waals surface area (Å²) in [5, 5.41) is 3.06. The number of hydrogen-bond donors (Lipinski definition) is 0. The van der Waals surface area contributed by atoms with E-state index in [1.165, 1.54) is 5.56 Å². The number of amides is 1. The Morgan fingerprint density at radius 1 is 1.30 bits per heavy atom. The van der Waals surface area contributed by atoms with Gasteiger partial charge in [0, 0.05) is 19.3 Å². The van der Waals surface area contributed by atoms with E-state index in [0.717, 1.165) is 41.1 Å². The maximum atomic E-state index is 13.3.